The van der Waals surface area contributed by atoms with Crippen LogP contribution in [0, 0.1) is 0 Å². The van der Waals surface area contributed by atoms with Crippen LogP contribution >= 0.6 is 0 Å². The summed E-state index contributed by atoms with van der Waals surface area (Å²) in [6.07, 6.45) is 0.733. The van der Waals surface area contributed by atoms with Gasteiger partial charge in [0.25, 0.3) is 5.91 Å². The molecule has 1 unspecified atom stereocenters. The molecule has 0 saturated heterocycles. The fourth-order valence-corrected chi connectivity index (χ4v) is 4.31. The summed E-state index contributed by atoms with van der Waals surface area (Å²) in [7, 11) is 2.88. The number of aryl methyl sites for hydroxylation is 1. The number of rotatable bonds is 9. The zero-order valence-corrected chi connectivity index (χ0v) is 20.1. The smallest absolute Gasteiger partial charge is 0.309 e. The SMILES string of the molecule is COC(=O)Cc1ccc(N2C(=O)C(O)=C(C(=O)CCc3ccccc3)C2c2ccc(OC)cc2)cc1. The number of carbonyl (C=O) groups excluding carboxylic acids is 3. The van der Waals surface area contributed by atoms with E-state index in [1.54, 1.807) is 55.6 Å². The maximum atomic E-state index is 13.4. The number of aliphatic hydroxyl groups is 1. The quantitative estimate of drug-likeness (QED) is 0.448. The van der Waals surface area contributed by atoms with Gasteiger partial charge >= 0.3 is 5.97 Å². The fourth-order valence-electron chi connectivity index (χ4n) is 4.31. The van der Waals surface area contributed by atoms with Crippen molar-refractivity contribution in [3.05, 3.63) is 107 Å². The van der Waals surface area contributed by atoms with Crippen molar-refractivity contribution in [1.29, 1.82) is 0 Å². The van der Waals surface area contributed by atoms with Crippen LogP contribution in [0.1, 0.15) is 29.2 Å². The Hall–Kier alpha value is -4.39. The van der Waals surface area contributed by atoms with E-state index in [0.29, 0.717) is 23.4 Å². The number of nitrogens with zero attached hydrogens (tertiary/aromatic N) is 1. The molecule has 0 radical (unpaired) electrons. The van der Waals surface area contributed by atoms with E-state index < -0.39 is 17.7 Å². The lowest BCUT2D eigenvalue weighted by atomic mass is 9.93. The predicted molar refractivity (Wildman–Crippen MR) is 135 cm³/mol. The summed E-state index contributed by atoms with van der Waals surface area (Å²) in [4.78, 5) is 39.7. The number of ether oxygens (including phenoxy) is 2. The number of amides is 1. The summed E-state index contributed by atoms with van der Waals surface area (Å²) >= 11 is 0. The molecule has 0 saturated carbocycles. The van der Waals surface area contributed by atoms with E-state index in [1.165, 1.54) is 12.0 Å². The van der Waals surface area contributed by atoms with Crippen molar-refractivity contribution in [2.75, 3.05) is 19.1 Å². The highest BCUT2D eigenvalue weighted by Gasteiger charge is 2.44. The Bertz CT molecular complexity index is 1280. The normalized spacial score (nSPS) is 15.2. The Labute approximate surface area is 209 Å². The van der Waals surface area contributed by atoms with Gasteiger partial charge in [-0.15, -0.1) is 0 Å². The summed E-state index contributed by atoms with van der Waals surface area (Å²) in [5.41, 5.74) is 2.94. The monoisotopic (exact) mass is 485 g/mol. The first-order chi connectivity index (χ1) is 17.4. The summed E-state index contributed by atoms with van der Waals surface area (Å²) in [5, 5.41) is 10.9. The Balaban J connectivity index is 1.68. The summed E-state index contributed by atoms with van der Waals surface area (Å²) < 4.78 is 9.97. The van der Waals surface area contributed by atoms with Crippen LogP contribution in [0.2, 0.25) is 0 Å². The van der Waals surface area contributed by atoms with Crippen LogP contribution in [0.15, 0.2) is 90.2 Å². The number of ketones is 1. The molecular formula is C29H27NO6. The molecule has 1 aliphatic heterocycles. The van der Waals surface area contributed by atoms with Crippen molar-refractivity contribution >= 4 is 23.3 Å². The van der Waals surface area contributed by atoms with Crippen LogP contribution in [-0.4, -0.2) is 37.0 Å². The van der Waals surface area contributed by atoms with Crippen LogP contribution < -0.4 is 9.64 Å². The molecule has 0 fully saturated rings. The highest BCUT2D eigenvalue weighted by atomic mass is 16.5. The van der Waals surface area contributed by atoms with Crippen molar-refractivity contribution in [1.82, 2.24) is 0 Å². The Kier molecular flexibility index (Phi) is 7.49. The van der Waals surface area contributed by atoms with Gasteiger partial charge in [-0.1, -0.05) is 54.6 Å². The molecule has 4 rings (SSSR count). The maximum absolute atomic E-state index is 13.4. The van der Waals surface area contributed by atoms with Crippen LogP contribution in [0.4, 0.5) is 5.69 Å². The first-order valence-corrected chi connectivity index (χ1v) is 11.6. The molecule has 184 valence electrons. The molecule has 0 bridgehead atoms. The third-order valence-corrected chi connectivity index (χ3v) is 6.21. The molecule has 0 spiro atoms. The number of esters is 1. The van der Waals surface area contributed by atoms with Crippen molar-refractivity contribution in [3.8, 4) is 5.75 Å². The van der Waals surface area contributed by atoms with E-state index in [4.69, 9.17) is 9.47 Å². The number of aliphatic hydroxyl groups excluding tert-OH is 1. The van der Waals surface area contributed by atoms with Crippen molar-refractivity contribution in [3.63, 3.8) is 0 Å². The van der Waals surface area contributed by atoms with Gasteiger partial charge in [0.05, 0.1) is 32.3 Å². The summed E-state index contributed by atoms with van der Waals surface area (Å²) in [6.45, 7) is 0. The average Bonchev–Trinajstić information content (AvgIpc) is 3.18. The van der Waals surface area contributed by atoms with E-state index in [-0.39, 0.29) is 30.2 Å². The number of carbonyl (C=O) groups is 3. The van der Waals surface area contributed by atoms with Gasteiger partial charge in [-0.25, -0.2) is 0 Å². The van der Waals surface area contributed by atoms with Crippen LogP contribution in [0.25, 0.3) is 0 Å². The molecule has 1 amide bonds. The first kappa shape index (κ1) is 24.7. The fraction of sp³-hybridized carbons (Fsp3) is 0.207. The Morgan fingerprint density at radius 2 is 1.56 bits per heavy atom. The lowest BCUT2D eigenvalue weighted by molar-refractivity contribution is -0.139. The van der Waals surface area contributed by atoms with Crippen LogP contribution in [-0.2, 0) is 32.0 Å². The van der Waals surface area contributed by atoms with Gasteiger partial charge in [-0.2, -0.15) is 0 Å². The molecule has 1 N–H and O–H groups in total. The topological polar surface area (TPSA) is 93.1 Å². The van der Waals surface area contributed by atoms with Crippen molar-refractivity contribution < 1.29 is 29.0 Å². The molecule has 7 nitrogen and oxygen atoms in total. The molecule has 1 aliphatic rings. The molecule has 7 heteroatoms. The number of methoxy groups -OCH3 is 2. The second-order valence-corrected chi connectivity index (χ2v) is 8.44. The third kappa shape index (κ3) is 5.15. The minimum atomic E-state index is -0.807. The molecule has 1 atom stereocenters. The predicted octanol–water partition coefficient (Wildman–Crippen LogP) is 4.51. The Morgan fingerprint density at radius 3 is 2.17 bits per heavy atom. The minimum absolute atomic E-state index is 0.0692. The summed E-state index contributed by atoms with van der Waals surface area (Å²) in [5.74, 6) is -1.24. The van der Waals surface area contributed by atoms with Crippen molar-refractivity contribution in [2.24, 2.45) is 0 Å². The lowest BCUT2D eigenvalue weighted by Crippen LogP contribution is -2.31. The molecule has 0 aromatic heterocycles. The highest BCUT2D eigenvalue weighted by molar-refractivity contribution is 6.16. The van der Waals surface area contributed by atoms with Crippen LogP contribution in [0.3, 0.4) is 0 Å². The van der Waals surface area contributed by atoms with Gasteiger partial charge < -0.3 is 14.6 Å². The lowest BCUT2D eigenvalue weighted by Gasteiger charge is -2.27. The average molecular weight is 486 g/mol. The van der Waals surface area contributed by atoms with Gasteiger partial charge in [0, 0.05) is 12.1 Å². The molecule has 36 heavy (non-hydrogen) atoms. The minimum Gasteiger partial charge on any atom is -0.503 e. The third-order valence-electron chi connectivity index (χ3n) is 6.21. The van der Waals surface area contributed by atoms with Gasteiger partial charge in [0.1, 0.15) is 5.75 Å². The van der Waals surface area contributed by atoms with E-state index in [9.17, 15) is 19.5 Å². The van der Waals surface area contributed by atoms with E-state index in [0.717, 1.165) is 11.1 Å². The van der Waals surface area contributed by atoms with Gasteiger partial charge in [-0.05, 0) is 47.4 Å². The largest absolute Gasteiger partial charge is 0.503 e. The maximum Gasteiger partial charge on any atom is 0.309 e. The first-order valence-electron chi connectivity index (χ1n) is 11.6. The molecule has 3 aromatic rings. The molecule has 3 aromatic carbocycles. The number of hydrogen-bond donors (Lipinski definition) is 1. The molecule has 0 aliphatic carbocycles. The molecule has 1 heterocycles. The Morgan fingerprint density at radius 1 is 0.889 bits per heavy atom. The van der Waals surface area contributed by atoms with E-state index >= 15 is 0 Å². The standard InChI is InChI=1S/C29H27NO6/c1-35-23-15-11-21(12-16-23)27-26(24(31)17-10-19-6-4-3-5-7-19)28(33)29(34)30(27)22-13-8-20(9-14-22)18-25(32)36-2/h3-9,11-16,27,33H,10,17-18H2,1-2H3. The zero-order valence-electron chi connectivity index (χ0n) is 20.1. The van der Waals surface area contributed by atoms with Crippen molar-refractivity contribution in [2.45, 2.75) is 25.3 Å². The number of Topliss-reactive ketones (excluding diaryl/α,β-unsaturated/α-hetero) is 1. The van der Waals surface area contributed by atoms with E-state index in [1.807, 2.05) is 30.3 Å². The summed E-state index contributed by atoms with van der Waals surface area (Å²) in [6, 6.07) is 22.6. The number of anilines is 1. The van der Waals surface area contributed by atoms with Crippen LogP contribution in [0.5, 0.6) is 5.75 Å². The number of benzene rings is 3. The van der Waals surface area contributed by atoms with Gasteiger partial charge in [0.2, 0.25) is 0 Å². The second-order valence-electron chi connectivity index (χ2n) is 8.44. The van der Waals surface area contributed by atoms with Gasteiger partial charge in [-0.3, -0.25) is 19.3 Å². The second kappa shape index (κ2) is 10.9. The molecular weight excluding hydrogens is 458 g/mol. The highest BCUT2D eigenvalue weighted by Crippen LogP contribution is 2.41. The zero-order chi connectivity index (χ0) is 25.7. The van der Waals surface area contributed by atoms with E-state index in [2.05, 4.69) is 0 Å². The van der Waals surface area contributed by atoms with Gasteiger partial charge in [0.15, 0.2) is 11.5 Å². The number of hydrogen-bond acceptors (Lipinski definition) is 6.